The normalized spacial score (nSPS) is 42.2. The average molecular weight is 238 g/mol. The zero-order valence-electron chi connectivity index (χ0n) is 8.78. The summed E-state index contributed by atoms with van der Waals surface area (Å²) in [5, 5.41) is 37.8. The van der Waals surface area contributed by atoms with Gasteiger partial charge in [0.05, 0.1) is 6.61 Å². The molecule has 1 heterocycles. The highest BCUT2D eigenvalue weighted by atomic mass is 32.2. The maximum absolute atomic E-state index is 9.63. The lowest BCUT2D eigenvalue weighted by Crippen LogP contribution is -2.57. The van der Waals surface area contributed by atoms with Gasteiger partial charge in [-0.1, -0.05) is 13.8 Å². The first-order chi connectivity index (χ1) is 6.97. The third-order valence-electron chi connectivity index (χ3n) is 2.25. The molecular formula is C9H18O5S. The molecule has 0 saturated carbocycles. The van der Waals surface area contributed by atoms with Crippen molar-refractivity contribution in [3.63, 3.8) is 0 Å². The Morgan fingerprint density at radius 2 is 1.73 bits per heavy atom. The van der Waals surface area contributed by atoms with Gasteiger partial charge in [-0.3, -0.25) is 0 Å². The van der Waals surface area contributed by atoms with Gasteiger partial charge in [-0.25, -0.2) is 0 Å². The van der Waals surface area contributed by atoms with Crippen molar-refractivity contribution in [1.29, 1.82) is 0 Å². The molecule has 0 bridgehead atoms. The molecule has 1 saturated heterocycles. The summed E-state index contributed by atoms with van der Waals surface area (Å²) in [5.74, 6) is 0. The zero-order valence-corrected chi connectivity index (χ0v) is 9.59. The predicted molar refractivity (Wildman–Crippen MR) is 56.5 cm³/mol. The van der Waals surface area contributed by atoms with Crippen LogP contribution < -0.4 is 0 Å². The van der Waals surface area contributed by atoms with Crippen molar-refractivity contribution in [2.75, 3.05) is 6.61 Å². The van der Waals surface area contributed by atoms with E-state index in [1.807, 2.05) is 13.8 Å². The van der Waals surface area contributed by atoms with Gasteiger partial charge in [0.1, 0.15) is 29.9 Å². The number of hydrogen-bond acceptors (Lipinski definition) is 6. The molecule has 1 rings (SSSR count). The quantitative estimate of drug-likeness (QED) is 0.500. The first-order valence-corrected chi connectivity index (χ1v) is 5.87. The van der Waals surface area contributed by atoms with E-state index in [0.29, 0.717) is 0 Å². The van der Waals surface area contributed by atoms with Crippen molar-refractivity contribution in [1.82, 2.24) is 0 Å². The van der Waals surface area contributed by atoms with Crippen molar-refractivity contribution in [2.45, 2.75) is 48.9 Å². The van der Waals surface area contributed by atoms with Crippen molar-refractivity contribution in [3.05, 3.63) is 0 Å². The molecule has 0 amide bonds. The molecule has 1 fully saturated rings. The molecule has 1 aliphatic rings. The molecule has 0 radical (unpaired) electrons. The van der Waals surface area contributed by atoms with Gasteiger partial charge in [0.15, 0.2) is 0 Å². The van der Waals surface area contributed by atoms with Crippen LogP contribution in [0, 0.1) is 0 Å². The van der Waals surface area contributed by atoms with Crippen LogP contribution in [0.15, 0.2) is 0 Å². The van der Waals surface area contributed by atoms with E-state index in [9.17, 15) is 15.3 Å². The van der Waals surface area contributed by atoms with Crippen molar-refractivity contribution in [2.24, 2.45) is 0 Å². The molecular weight excluding hydrogens is 220 g/mol. The molecule has 15 heavy (non-hydrogen) atoms. The summed E-state index contributed by atoms with van der Waals surface area (Å²) in [6, 6.07) is 0. The van der Waals surface area contributed by atoms with Gasteiger partial charge in [-0.2, -0.15) is 0 Å². The molecule has 5 atom stereocenters. The Bertz CT molecular complexity index is 199. The largest absolute Gasteiger partial charge is 0.394 e. The topological polar surface area (TPSA) is 90.2 Å². The van der Waals surface area contributed by atoms with Crippen LogP contribution in [0.3, 0.4) is 0 Å². The second-order valence-corrected chi connectivity index (χ2v) is 5.56. The van der Waals surface area contributed by atoms with Crippen LogP contribution >= 0.6 is 11.8 Å². The highest BCUT2D eigenvalue weighted by Gasteiger charge is 2.43. The van der Waals surface area contributed by atoms with Crippen LogP contribution in [0.4, 0.5) is 0 Å². The highest BCUT2D eigenvalue weighted by Crippen LogP contribution is 2.30. The summed E-state index contributed by atoms with van der Waals surface area (Å²) in [6.07, 6.45) is -4.48. The second kappa shape index (κ2) is 5.47. The molecule has 1 aliphatic heterocycles. The third kappa shape index (κ3) is 3.05. The summed E-state index contributed by atoms with van der Waals surface area (Å²) in [4.78, 5) is 0. The summed E-state index contributed by atoms with van der Waals surface area (Å²) < 4.78 is 5.29. The summed E-state index contributed by atoms with van der Waals surface area (Å²) in [5.41, 5.74) is -0.611. The van der Waals surface area contributed by atoms with Crippen LogP contribution in [-0.2, 0) is 4.74 Å². The monoisotopic (exact) mass is 238 g/mol. The van der Waals surface area contributed by atoms with Gasteiger partial charge in [-0.05, 0) is 0 Å². The number of ether oxygens (including phenoxy) is 1. The number of aliphatic hydroxyl groups is 4. The number of aliphatic hydroxyl groups excluding tert-OH is 4. The summed E-state index contributed by atoms with van der Waals surface area (Å²) in [7, 11) is 0. The van der Waals surface area contributed by atoms with E-state index in [1.54, 1.807) is 0 Å². The number of rotatable bonds is 3. The van der Waals surface area contributed by atoms with E-state index in [2.05, 4.69) is 0 Å². The molecule has 0 aromatic carbocycles. The minimum atomic E-state index is -1.27. The van der Waals surface area contributed by atoms with E-state index < -0.39 is 29.9 Å². The van der Waals surface area contributed by atoms with Crippen molar-refractivity contribution in [3.8, 4) is 0 Å². The van der Waals surface area contributed by atoms with E-state index >= 15 is 0 Å². The van der Waals surface area contributed by atoms with Crippen LogP contribution in [0.5, 0.6) is 0 Å². The zero-order chi connectivity index (χ0) is 11.6. The van der Waals surface area contributed by atoms with Crippen LogP contribution in [0.1, 0.15) is 13.8 Å². The standard InChI is InChI=1S/C9H18O5S/c1-4(2)15-9-8(13)7(12)6(11)5(3-10)14-9/h4-13H,3H2,1-2H3/t5-,6+,7+,8+,9+/m1/s1. The molecule has 5 nitrogen and oxygen atoms in total. The first-order valence-electron chi connectivity index (χ1n) is 4.93. The Labute approximate surface area is 93.1 Å². The Morgan fingerprint density at radius 3 is 2.20 bits per heavy atom. The molecule has 0 spiro atoms. The fourth-order valence-corrected chi connectivity index (χ4v) is 2.51. The maximum Gasteiger partial charge on any atom is 0.132 e. The third-order valence-corrected chi connectivity index (χ3v) is 3.46. The molecule has 0 aliphatic carbocycles. The molecule has 6 heteroatoms. The van der Waals surface area contributed by atoms with Gasteiger partial charge in [0.25, 0.3) is 0 Å². The van der Waals surface area contributed by atoms with Gasteiger partial charge in [0.2, 0.25) is 0 Å². The minimum absolute atomic E-state index is 0.228. The molecule has 0 aromatic rings. The van der Waals surface area contributed by atoms with Crippen LogP contribution in [0.25, 0.3) is 0 Å². The highest BCUT2D eigenvalue weighted by molar-refractivity contribution is 8.00. The van der Waals surface area contributed by atoms with Crippen molar-refractivity contribution >= 4 is 11.8 Å². The Balaban J connectivity index is 2.65. The Kier molecular flexibility index (Phi) is 4.82. The van der Waals surface area contributed by atoms with Gasteiger partial charge >= 0.3 is 0 Å². The smallest absolute Gasteiger partial charge is 0.132 e. The first kappa shape index (κ1) is 13.2. The molecule has 90 valence electrons. The minimum Gasteiger partial charge on any atom is -0.394 e. The second-order valence-electron chi connectivity index (χ2n) is 3.88. The van der Waals surface area contributed by atoms with Crippen LogP contribution in [-0.4, -0.2) is 62.1 Å². The fraction of sp³-hybridized carbons (Fsp3) is 1.00. The van der Waals surface area contributed by atoms with E-state index in [0.717, 1.165) is 0 Å². The number of hydrogen-bond donors (Lipinski definition) is 4. The molecule has 0 aromatic heterocycles. The maximum atomic E-state index is 9.63. The lowest BCUT2D eigenvalue weighted by Gasteiger charge is -2.40. The Hall–Kier alpha value is 0.150. The van der Waals surface area contributed by atoms with E-state index in [1.165, 1.54) is 11.8 Å². The van der Waals surface area contributed by atoms with Gasteiger partial charge in [-0.15, -0.1) is 11.8 Å². The van der Waals surface area contributed by atoms with Crippen molar-refractivity contribution < 1.29 is 25.2 Å². The number of thioether (sulfide) groups is 1. The summed E-state index contributed by atoms with van der Waals surface area (Å²) >= 11 is 1.35. The lowest BCUT2D eigenvalue weighted by molar-refractivity contribution is -0.205. The Morgan fingerprint density at radius 1 is 1.13 bits per heavy atom. The molecule has 4 N–H and O–H groups in total. The fourth-order valence-electron chi connectivity index (χ4n) is 1.45. The lowest BCUT2D eigenvalue weighted by atomic mass is 10.0. The molecule has 0 unspecified atom stereocenters. The van der Waals surface area contributed by atoms with Gasteiger partial charge in [0, 0.05) is 5.25 Å². The van der Waals surface area contributed by atoms with E-state index in [-0.39, 0.29) is 11.9 Å². The average Bonchev–Trinajstić information content (AvgIpc) is 2.18. The van der Waals surface area contributed by atoms with E-state index in [4.69, 9.17) is 9.84 Å². The van der Waals surface area contributed by atoms with Gasteiger partial charge < -0.3 is 25.2 Å². The van der Waals surface area contributed by atoms with Crippen LogP contribution in [0.2, 0.25) is 0 Å². The predicted octanol–water partition coefficient (Wildman–Crippen LogP) is -1.07. The summed E-state index contributed by atoms with van der Waals surface area (Å²) in [6.45, 7) is 3.50. The SMILES string of the molecule is CC(C)S[C@@H]1O[C@H](CO)[C@H](O)[C@H](O)[C@@H]1O.